The molecule has 94 valence electrons. The molecule has 1 heterocycles. The fourth-order valence-corrected chi connectivity index (χ4v) is 8.81. The van der Waals surface area contributed by atoms with Gasteiger partial charge >= 0.3 is 0 Å². The summed E-state index contributed by atoms with van der Waals surface area (Å²) in [5.74, 6) is 1.19. The third kappa shape index (κ3) is 1.80. The maximum atomic E-state index is 4.36. The molecule has 2 aliphatic rings. The van der Waals surface area contributed by atoms with E-state index in [-0.39, 0.29) is 4.75 Å². The van der Waals surface area contributed by atoms with Crippen molar-refractivity contribution in [1.82, 2.24) is 0 Å². The predicted octanol–water partition coefficient (Wildman–Crippen LogP) is 4.96. The molecule has 0 fully saturated rings. The fourth-order valence-electron chi connectivity index (χ4n) is 3.30. The van der Waals surface area contributed by atoms with Gasteiger partial charge in [0.1, 0.15) is 0 Å². The number of hydrogen-bond donors (Lipinski definition) is 0. The molecule has 17 heavy (non-hydrogen) atoms. The van der Waals surface area contributed by atoms with Crippen molar-refractivity contribution in [3.8, 4) is 0 Å². The lowest BCUT2D eigenvalue weighted by Gasteiger charge is -2.54. The second-order valence-electron chi connectivity index (χ2n) is 6.58. The number of rotatable bonds is 1. The van der Waals surface area contributed by atoms with E-state index >= 15 is 0 Å². The molecule has 1 aliphatic heterocycles. The van der Waals surface area contributed by atoms with Gasteiger partial charge in [0.15, 0.2) is 0 Å². The minimum Gasteiger partial charge on any atom is -0.141 e. The van der Waals surface area contributed by atoms with Crippen molar-refractivity contribution in [2.75, 3.05) is 5.75 Å². The molecule has 0 aromatic heterocycles. The molecule has 0 saturated carbocycles. The average molecular weight is 265 g/mol. The zero-order valence-electron chi connectivity index (χ0n) is 12.0. The van der Waals surface area contributed by atoms with Crippen LogP contribution >= 0.6 is 11.8 Å². The van der Waals surface area contributed by atoms with Crippen LogP contribution in [-0.4, -0.2) is 18.6 Å². The minimum absolute atomic E-state index is 0.290. The maximum Gasteiger partial charge on any atom is 0.0750 e. The van der Waals surface area contributed by atoms with E-state index in [1.165, 1.54) is 23.3 Å². The summed E-state index contributed by atoms with van der Waals surface area (Å²) in [6.45, 7) is 18.6. The lowest BCUT2D eigenvalue weighted by atomic mass is 9.76. The monoisotopic (exact) mass is 264 g/mol. The first-order valence-electron chi connectivity index (χ1n) is 6.41. The molecule has 2 rings (SSSR count). The Kier molecular flexibility index (Phi) is 3.03. The highest BCUT2D eigenvalue weighted by Gasteiger charge is 2.52. The van der Waals surface area contributed by atoms with Crippen molar-refractivity contribution in [2.45, 2.75) is 51.6 Å². The lowest BCUT2D eigenvalue weighted by molar-refractivity contribution is 0.717. The van der Waals surface area contributed by atoms with Gasteiger partial charge in [-0.25, -0.2) is 0 Å². The van der Waals surface area contributed by atoms with E-state index < -0.39 is 8.07 Å². The summed E-state index contributed by atoms with van der Waals surface area (Å²) in [4.78, 5) is 0. The summed E-state index contributed by atoms with van der Waals surface area (Å²) >= 11 is 2.13. The van der Waals surface area contributed by atoms with Crippen LogP contribution in [-0.2, 0) is 0 Å². The van der Waals surface area contributed by atoms with Crippen LogP contribution in [0, 0.1) is 0 Å². The molecule has 1 unspecified atom stereocenters. The van der Waals surface area contributed by atoms with Gasteiger partial charge in [0.25, 0.3) is 0 Å². The van der Waals surface area contributed by atoms with Crippen molar-refractivity contribution in [2.24, 2.45) is 0 Å². The van der Waals surface area contributed by atoms with Gasteiger partial charge in [0.2, 0.25) is 0 Å². The second-order valence-corrected chi connectivity index (χ2v) is 12.9. The van der Waals surface area contributed by atoms with Gasteiger partial charge in [-0.05, 0) is 38.3 Å². The maximum absolute atomic E-state index is 4.36. The van der Waals surface area contributed by atoms with Crippen molar-refractivity contribution in [3.63, 3.8) is 0 Å². The molecule has 0 radical (unpaired) electrons. The highest BCUT2D eigenvalue weighted by molar-refractivity contribution is 8.01. The van der Waals surface area contributed by atoms with Crippen molar-refractivity contribution in [3.05, 3.63) is 34.1 Å². The van der Waals surface area contributed by atoms with Gasteiger partial charge in [-0.1, -0.05) is 42.6 Å². The van der Waals surface area contributed by atoms with Gasteiger partial charge in [-0.2, -0.15) is 0 Å². The third-order valence-corrected chi connectivity index (χ3v) is 8.39. The number of thioether (sulfide) groups is 1. The van der Waals surface area contributed by atoms with E-state index in [1.54, 1.807) is 16.3 Å². The Morgan fingerprint density at radius 1 is 1.12 bits per heavy atom. The van der Waals surface area contributed by atoms with Crippen molar-refractivity contribution in [1.29, 1.82) is 0 Å². The molecule has 0 aromatic rings. The topological polar surface area (TPSA) is 0 Å². The molecule has 0 saturated heterocycles. The number of hydrogen-bond acceptors (Lipinski definition) is 1. The Balaban J connectivity index is 2.46. The minimum atomic E-state index is -1.21. The molecule has 1 aliphatic carbocycles. The molecule has 0 aromatic carbocycles. The van der Waals surface area contributed by atoms with Crippen LogP contribution in [0.5, 0.6) is 0 Å². The highest BCUT2D eigenvalue weighted by atomic mass is 32.2. The quantitative estimate of drug-likeness (QED) is 0.476. The molecule has 0 nitrogen and oxygen atoms in total. The summed E-state index contributed by atoms with van der Waals surface area (Å²) in [6, 6.07) is 0. The van der Waals surface area contributed by atoms with Gasteiger partial charge in [-0.3, -0.25) is 0 Å². The first-order valence-corrected chi connectivity index (χ1v) is 10.9. The van der Waals surface area contributed by atoms with Crippen LogP contribution in [0.1, 0.15) is 27.2 Å². The molecule has 0 bridgehead atoms. The summed E-state index contributed by atoms with van der Waals surface area (Å²) in [5, 5.41) is 1.77. The second kappa shape index (κ2) is 3.89. The molecule has 0 amide bonds. The largest absolute Gasteiger partial charge is 0.141 e. The van der Waals surface area contributed by atoms with Crippen LogP contribution in [0.2, 0.25) is 19.6 Å². The van der Waals surface area contributed by atoms with Crippen molar-refractivity contribution < 1.29 is 0 Å². The average Bonchev–Trinajstić information content (AvgIpc) is 2.21. The standard InChI is InChI=1S/C15H24SSi/c1-10-8-15(16-9-11(10)2)13(4)12(3)14(15)17(5,6)7/h4,8-9H2,1-3,5-7H3. The summed E-state index contributed by atoms with van der Waals surface area (Å²) in [7, 11) is -1.21. The molecular weight excluding hydrogens is 240 g/mol. The van der Waals surface area contributed by atoms with E-state index in [9.17, 15) is 0 Å². The van der Waals surface area contributed by atoms with Crippen LogP contribution in [0.4, 0.5) is 0 Å². The van der Waals surface area contributed by atoms with Gasteiger partial charge in [0.05, 0.1) is 12.8 Å². The Labute approximate surface area is 111 Å². The van der Waals surface area contributed by atoms with Crippen molar-refractivity contribution >= 4 is 19.8 Å². The SMILES string of the molecule is C=C1C(C)=C([Si](C)(C)C)C12CC(C)=C(C)CS2. The molecular formula is C15H24SSi. The predicted molar refractivity (Wildman–Crippen MR) is 83.4 cm³/mol. The lowest BCUT2D eigenvalue weighted by Crippen LogP contribution is -2.51. The highest BCUT2D eigenvalue weighted by Crippen LogP contribution is 2.60. The molecule has 2 heteroatoms. The van der Waals surface area contributed by atoms with E-state index in [0.717, 1.165) is 0 Å². The van der Waals surface area contributed by atoms with E-state index in [4.69, 9.17) is 0 Å². The zero-order valence-corrected chi connectivity index (χ0v) is 13.8. The van der Waals surface area contributed by atoms with Crippen LogP contribution in [0.25, 0.3) is 0 Å². The summed E-state index contributed by atoms with van der Waals surface area (Å²) < 4.78 is 0.290. The third-order valence-electron chi connectivity index (χ3n) is 4.25. The Morgan fingerprint density at radius 3 is 2.18 bits per heavy atom. The zero-order chi connectivity index (χ0) is 13.0. The summed E-state index contributed by atoms with van der Waals surface area (Å²) in [5.41, 5.74) is 6.09. The van der Waals surface area contributed by atoms with Gasteiger partial charge in [0, 0.05) is 5.75 Å². The Morgan fingerprint density at radius 2 is 1.71 bits per heavy atom. The first kappa shape index (κ1) is 13.2. The van der Waals surface area contributed by atoms with Gasteiger partial charge in [-0.15, -0.1) is 11.8 Å². The summed E-state index contributed by atoms with van der Waals surface area (Å²) in [6.07, 6.45) is 1.21. The van der Waals surface area contributed by atoms with Crippen LogP contribution in [0.15, 0.2) is 34.1 Å². The molecule has 1 spiro atoms. The van der Waals surface area contributed by atoms with Gasteiger partial charge < -0.3 is 0 Å². The van der Waals surface area contributed by atoms with Crippen LogP contribution < -0.4 is 0 Å². The fraction of sp³-hybridized carbons (Fsp3) is 0.600. The molecule has 0 N–H and O–H groups in total. The number of allylic oxidation sites excluding steroid dienone is 2. The normalized spacial score (nSPS) is 30.1. The first-order chi connectivity index (χ1) is 7.70. The Hall–Kier alpha value is -0.213. The smallest absolute Gasteiger partial charge is 0.0750 e. The Bertz CT molecular complexity index is 448. The van der Waals surface area contributed by atoms with E-state index in [2.05, 4.69) is 58.8 Å². The van der Waals surface area contributed by atoms with E-state index in [1.807, 2.05) is 0 Å². The van der Waals surface area contributed by atoms with Crippen LogP contribution in [0.3, 0.4) is 0 Å². The van der Waals surface area contributed by atoms with E-state index in [0.29, 0.717) is 0 Å². The molecule has 1 atom stereocenters.